The van der Waals surface area contributed by atoms with E-state index in [1.807, 2.05) is 0 Å². The van der Waals surface area contributed by atoms with Gasteiger partial charge in [-0.1, -0.05) is 25.4 Å². The van der Waals surface area contributed by atoms with E-state index >= 15 is 0 Å². The van der Waals surface area contributed by atoms with Gasteiger partial charge in [-0.15, -0.1) is 0 Å². The third-order valence-corrected chi connectivity index (χ3v) is 3.36. The summed E-state index contributed by atoms with van der Waals surface area (Å²) in [7, 11) is 1.81. The van der Waals surface area contributed by atoms with Gasteiger partial charge in [0.25, 0.3) is 5.91 Å². The molecule has 2 N–H and O–H groups in total. The Balaban J connectivity index is 2.99. The second-order valence-electron chi connectivity index (χ2n) is 4.13. The zero-order chi connectivity index (χ0) is 13.0. The third kappa shape index (κ3) is 3.13. The van der Waals surface area contributed by atoms with Crippen molar-refractivity contribution in [3.8, 4) is 0 Å². The van der Waals surface area contributed by atoms with Crippen LogP contribution in [0, 0.1) is 0 Å². The number of halogens is 1. The quantitative estimate of drug-likeness (QED) is 0.839. The second-order valence-corrected chi connectivity index (χ2v) is 4.53. The Morgan fingerprint density at radius 2 is 2.00 bits per heavy atom. The molecule has 1 amide bonds. The molecule has 1 aromatic rings. The molecule has 0 unspecified atom stereocenters. The number of nitrogen functional groups attached to an aromatic ring is 1. The molecule has 17 heavy (non-hydrogen) atoms. The highest BCUT2D eigenvalue weighted by Gasteiger charge is 2.20. The SMILES string of the molecule is CCC(CC)N(C)C(=O)c1cc(N)ccc1Cl. The second kappa shape index (κ2) is 5.92. The van der Waals surface area contributed by atoms with Crippen molar-refractivity contribution in [2.75, 3.05) is 12.8 Å². The molecule has 0 radical (unpaired) electrons. The summed E-state index contributed by atoms with van der Waals surface area (Å²) >= 11 is 6.02. The van der Waals surface area contributed by atoms with Crippen molar-refractivity contribution in [3.05, 3.63) is 28.8 Å². The van der Waals surface area contributed by atoms with Crippen LogP contribution in [-0.4, -0.2) is 23.9 Å². The monoisotopic (exact) mass is 254 g/mol. The molecule has 0 aliphatic heterocycles. The zero-order valence-corrected chi connectivity index (χ0v) is 11.3. The molecular formula is C13H19ClN2O. The lowest BCUT2D eigenvalue weighted by Crippen LogP contribution is -2.36. The normalized spacial score (nSPS) is 10.6. The number of carbonyl (C=O) groups excluding carboxylic acids is 1. The van der Waals surface area contributed by atoms with E-state index in [4.69, 9.17) is 17.3 Å². The Hall–Kier alpha value is -1.22. The summed E-state index contributed by atoms with van der Waals surface area (Å²) in [6, 6.07) is 5.21. The van der Waals surface area contributed by atoms with Gasteiger partial charge in [-0.2, -0.15) is 0 Å². The first-order valence-electron chi connectivity index (χ1n) is 5.83. The van der Waals surface area contributed by atoms with Gasteiger partial charge in [0.05, 0.1) is 10.6 Å². The molecule has 0 saturated heterocycles. The van der Waals surface area contributed by atoms with Gasteiger partial charge in [-0.05, 0) is 31.0 Å². The average Bonchev–Trinajstić information content (AvgIpc) is 2.32. The third-order valence-electron chi connectivity index (χ3n) is 3.03. The minimum absolute atomic E-state index is 0.0731. The summed E-state index contributed by atoms with van der Waals surface area (Å²) < 4.78 is 0. The Morgan fingerprint density at radius 3 is 2.53 bits per heavy atom. The predicted molar refractivity (Wildman–Crippen MR) is 72.3 cm³/mol. The minimum atomic E-state index is -0.0731. The summed E-state index contributed by atoms with van der Waals surface area (Å²) in [5, 5.41) is 0.446. The molecule has 94 valence electrons. The Labute approximate surface area is 108 Å². The first-order chi connectivity index (χ1) is 8.01. The number of benzene rings is 1. The van der Waals surface area contributed by atoms with Gasteiger partial charge in [0.15, 0.2) is 0 Å². The molecule has 0 atom stereocenters. The van der Waals surface area contributed by atoms with Crippen molar-refractivity contribution in [2.45, 2.75) is 32.7 Å². The van der Waals surface area contributed by atoms with Crippen LogP contribution in [0.2, 0.25) is 5.02 Å². The van der Waals surface area contributed by atoms with Crippen LogP contribution < -0.4 is 5.73 Å². The van der Waals surface area contributed by atoms with Gasteiger partial charge >= 0.3 is 0 Å². The Morgan fingerprint density at radius 1 is 1.41 bits per heavy atom. The van der Waals surface area contributed by atoms with E-state index in [2.05, 4.69) is 13.8 Å². The Kier molecular flexibility index (Phi) is 4.82. The van der Waals surface area contributed by atoms with E-state index in [0.717, 1.165) is 12.8 Å². The molecular weight excluding hydrogens is 236 g/mol. The average molecular weight is 255 g/mol. The van der Waals surface area contributed by atoms with Crippen molar-refractivity contribution in [3.63, 3.8) is 0 Å². The number of anilines is 1. The number of nitrogens with zero attached hydrogens (tertiary/aromatic N) is 1. The molecule has 0 saturated carbocycles. The summed E-state index contributed by atoms with van der Waals surface area (Å²) in [6.07, 6.45) is 1.86. The first kappa shape index (κ1) is 13.8. The summed E-state index contributed by atoms with van der Waals surface area (Å²) in [5.74, 6) is -0.0731. The number of amides is 1. The molecule has 4 heteroatoms. The summed E-state index contributed by atoms with van der Waals surface area (Å²) in [4.78, 5) is 14.0. The number of hydrogen-bond donors (Lipinski definition) is 1. The maximum Gasteiger partial charge on any atom is 0.255 e. The van der Waals surface area contributed by atoms with Crippen molar-refractivity contribution < 1.29 is 4.79 Å². The van der Waals surface area contributed by atoms with Gasteiger partial charge in [-0.25, -0.2) is 0 Å². The maximum atomic E-state index is 12.3. The van der Waals surface area contributed by atoms with Crippen LogP contribution in [0.25, 0.3) is 0 Å². The highest BCUT2D eigenvalue weighted by atomic mass is 35.5. The fourth-order valence-corrected chi connectivity index (χ4v) is 2.10. The van der Waals surface area contributed by atoms with Crippen LogP contribution in [0.4, 0.5) is 5.69 Å². The van der Waals surface area contributed by atoms with Crippen LogP contribution in [0.1, 0.15) is 37.0 Å². The smallest absolute Gasteiger partial charge is 0.255 e. The maximum absolute atomic E-state index is 12.3. The molecule has 0 aromatic heterocycles. The molecule has 0 aliphatic carbocycles. The lowest BCUT2D eigenvalue weighted by molar-refractivity contribution is 0.0724. The predicted octanol–water partition coefficient (Wildman–Crippen LogP) is 3.18. The van der Waals surface area contributed by atoms with E-state index < -0.39 is 0 Å². The first-order valence-corrected chi connectivity index (χ1v) is 6.21. The van der Waals surface area contributed by atoms with Crippen LogP contribution >= 0.6 is 11.6 Å². The van der Waals surface area contributed by atoms with E-state index in [0.29, 0.717) is 16.3 Å². The van der Waals surface area contributed by atoms with Crippen LogP contribution in [0.15, 0.2) is 18.2 Å². The van der Waals surface area contributed by atoms with Crippen molar-refractivity contribution in [1.29, 1.82) is 0 Å². The van der Waals surface area contributed by atoms with Crippen LogP contribution in [0.3, 0.4) is 0 Å². The Bertz CT molecular complexity index is 402. The zero-order valence-electron chi connectivity index (χ0n) is 10.5. The van der Waals surface area contributed by atoms with Crippen LogP contribution in [0.5, 0.6) is 0 Å². The number of nitrogens with two attached hydrogens (primary N) is 1. The standard InChI is InChI=1S/C13H19ClN2O/c1-4-10(5-2)16(3)13(17)11-8-9(15)6-7-12(11)14/h6-8,10H,4-5,15H2,1-3H3. The van der Waals surface area contributed by atoms with Gasteiger partial charge in [0.1, 0.15) is 0 Å². The van der Waals surface area contributed by atoms with Gasteiger partial charge < -0.3 is 10.6 Å². The van der Waals surface area contributed by atoms with E-state index in [-0.39, 0.29) is 11.9 Å². The fourth-order valence-electron chi connectivity index (χ4n) is 1.90. The lowest BCUT2D eigenvalue weighted by atomic mass is 10.1. The minimum Gasteiger partial charge on any atom is -0.399 e. The molecule has 1 aromatic carbocycles. The highest BCUT2D eigenvalue weighted by Crippen LogP contribution is 2.21. The van der Waals surface area contributed by atoms with Crippen molar-refractivity contribution >= 4 is 23.2 Å². The topological polar surface area (TPSA) is 46.3 Å². The fraction of sp³-hybridized carbons (Fsp3) is 0.462. The van der Waals surface area contributed by atoms with Crippen LogP contribution in [-0.2, 0) is 0 Å². The molecule has 0 fully saturated rings. The largest absolute Gasteiger partial charge is 0.399 e. The molecule has 3 nitrogen and oxygen atoms in total. The molecule has 0 aliphatic rings. The summed E-state index contributed by atoms with van der Waals surface area (Å²) in [6.45, 7) is 4.14. The van der Waals surface area contributed by atoms with Gasteiger partial charge in [-0.3, -0.25) is 4.79 Å². The lowest BCUT2D eigenvalue weighted by Gasteiger charge is -2.26. The van der Waals surface area contributed by atoms with Crippen molar-refractivity contribution in [2.24, 2.45) is 0 Å². The van der Waals surface area contributed by atoms with E-state index in [9.17, 15) is 4.79 Å². The molecule has 1 rings (SSSR count). The van der Waals surface area contributed by atoms with E-state index in [1.54, 1.807) is 30.1 Å². The molecule has 0 heterocycles. The number of rotatable bonds is 4. The van der Waals surface area contributed by atoms with Gasteiger partial charge in [0, 0.05) is 18.8 Å². The van der Waals surface area contributed by atoms with Crippen molar-refractivity contribution in [1.82, 2.24) is 4.90 Å². The van der Waals surface area contributed by atoms with E-state index in [1.165, 1.54) is 0 Å². The molecule has 0 bridgehead atoms. The number of hydrogen-bond acceptors (Lipinski definition) is 2. The highest BCUT2D eigenvalue weighted by molar-refractivity contribution is 6.34. The number of carbonyl (C=O) groups is 1. The van der Waals surface area contributed by atoms with Gasteiger partial charge in [0.2, 0.25) is 0 Å². The summed E-state index contributed by atoms with van der Waals surface area (Å²) in [5.41, 5.74) is 6.70. The molecule has 0 spiro atoms.